The first-order chi connectivity index (χ1) is 9.10. The molecule has 0 saturated heterocycles. The van der Waals surface area contributed by atoms with E-state index >= 15 is 0 Å². The van der Waals surface area contributed by atoms with E-state index in [1.807, 2.05) is 0 Å². The highest BCUT2D eigenvalue weighted by molar-refractivity contribution is 5.34. The highest BCUT2D eigenvalue weighted by atomic mass is 16.5. The van der Waals surface area contributed by atoms with Gasteiger partial charge in [-0.1, -0.05) is 18.2 Å². The summed E-state index contributed by atoms with van der Waals surface area (Å²) in [6.07, 6.45) is 5.05. The lowest BCUT2D eigenvalue weighted by Crippen LogP contribution is -2.36. The lowest BCUT2D eigenvalue weighted by Gasteiger charge is -2.36. The third-order valence-electron chi connectivity index (χ3n) is 4.34. The van der Waals surface area contributed by atoms with E-state index in [9.17, 15) is 0 Å². The van der Waals surface area contributed by atoms with Gasteiger partial charge in [-0.25, -0.2) is 0 Å². The summed E-state index contributed by atoms with van der Waals surface area (Å²) in [5.74, 6) is 0.774. The van der Waals surface area contributed by atoms with Gasteiger partial charge >= 0.3 is 0 Å². The predicted octanol–water partition coefficient (Wildman–Crippen LogP) is 3.38. The molecule has 1 aromatic carbocycles. The lowest BCUT2D eigenvalue weighted by atomic mass is 9.77. The molecule has 1 saturated carbocycles. The molecule has 106 valence electrons. The van der Waals surface area contributed by atoms with Crippen LogP contribution in [0.5, 0.6) is 0 Å². The third-order valence-corrected chi connectivity index (χ3v) is 4.34. The van der Waals surface area contributed by atoms with Crippen LogP contribution in [-0.2, 0) is 11.2 Å². The van der Waals surface area contributed by atoms with Gasteiger partial charge in [0.25, 0.3) is 0 Å². The fraction of sp³-hybridized carbons (Fsp3) is 0.647. The Hall–Kier alpha value is -0.860. The van der Waals surface area contributed by atoms with Crippen molar-refractivity contribution >= 4 is 0 Å². The molecule has 0 aliphatic heterocycles. The van der Waals surface area contributed by atoms with Gasteiger partial charge in [-0.15, -0.1) is 0 Å². The van der Waals surface area contributed by atoms with Crippen molar-refractivity contribution in [2.24, 2.45) is 11.7 Å². The second-order valence-electron chi connectivity index (χ2n) is 5.99. The summed E-state index contributed by atoms with van der Waals surface area (Å²) in [5.41, 5.74) is 10.5. The Labute approximate surface area is 117 Å². The normalized spacial score (nSPS) is 24.0. The average Bonchev–Trinajstić information content (AvgIpc) is 2.31. The van der Waals surface area contributed by atoms with Crippen LogP contribution in [0.2, 0.25) is 0 Å². The number of ether oxygens (including phenoxy) is 1. The second kappa shape index (κ2) is 6.53. The highest BCUT2D eigenvalue weighted by Crippen LogP contribution is 2.33. The first-order valence-electron chi connectivity index (χ1n) is 7.52. The number of aryl methyl sites for hydroxylation is 2. The minimum Gasteiger partial charge on any atom is -0.378 e. The van der Waals surface area contributed by atoms with Crippen LogP contribution in [0.3, 0.4) is 0 Å². The summed E-state index contributed by atoms with van der Waals surface area (Å²) >= 11 is 0. The van der Waals surface area contributed by atoms with Crippen LogP contribution in [-0.4, -0.2) is 18.8 Å². The van der Waals surface area contributed by atoms with Crippen molar-refractivity contribution in [3.8, 4) is 0 Å². The summed E-state index contributed by atoms with van der Waals surface area (Å²) in [7, 11) is 0. The Bertz CT molecular complexity index is 389. The number of benzene rings is 1. The van der Waals surface area contributed by atoms with Gasteiger partial charge in [-0.05, 0) is 69.1 Å². The van der Waals surface area contributed by atoms with Gasteiger partial charge in [0, 0.05) is 12.6 Å². The van der Waals surface area contributed by atoms with Gasteiger partial charge in [0.1, 0.15) is 0 Å². The van der Waals surface area contributed by atoms with E-state index in [1.54, 1.807) is 0 Å². The van der Waals surface area contributed by atoms with Gasteiger partial charge in [-0.3, -0.25) is 0 Å². The monoisotopic (exact) mass is 261 g/mol. The van der Waals surface area contributed by atoms with Crippen LogP contribution in [0, 0.1) is 19.8 Å². The maximum Gasteiger partial charge on any atom is 0.0580 e. The van der Waals surface area contributed by atoms with Crippen LogP contribution < -0.4 is 5.73 Å². The minimum atomic E-state index is 0.285. The van der Waals surface area contributed by atoms with Crippen LogP contribution in [0.4, 0.5) is 0 Å². The first-order valence-corrected chi connectivity index (χ1v) is 7.52. The largest absolute Gasteiger partial charge is 0.378 e. The minimum absolute atomic E-state index is 0.285. The van der Waals surface area contributed by atoms with E-state index in [-0.39, 0.29) is 6.04 Å². The molecule has 0 spiro atoms. The summed E-state index contributed by atoms with van der Waals surface area (Å²) in [4.78, 5) is 0. The van der Waals surface area contributed by atoms with Crippen LogP contribution in [0.1, 0.15) is 42.9 Å². The fourth-order valence-corrected chi connectivity index (χ4v) is 3.18. The Morgan fingerprint density at radius 1 is 1.26 bits per heavy atom. The number of rotatable bonds is 6. The molecule has 1 unspecified atom stereocenters. The van der Waals surface area contributed by atoms with Gasteiger partial charge in [0.2, 0.25) is 0 Å². The summed E-state index contributed by atoms with van der Waals surface area (Å²) in [6, 6.07) is 6.78. The van der Waals surface area contributed by atoms with Crippen molar-refractivity contribution in [3.63, 3.8) is 0 Å². The summed E-state index contributed by atoms with van der Waals surface area (Å²) in [6.45, 7) is 7.28. The molecule has 19 heavy (non-hydrogen) atoms. The number of hydrogen-bond donors (Lipinski definition) is 1. The van der Waals surface area contributed by atoms with Gasteiger partial charge in [0.05, 0.1) is 6.10 Å². The van der Waals surface area contributed by atoms with E-state index in [2.05, 4.69) is 39.0 Å². The first kappa shape index (κ1) is 14.5. The predicted molar refractivity (Wildman–Crippen MR) is 80.4 cm³/mol. The number of hydrogen-bond acceptors (Lipinski definition) is 2. The third kappa shape index (κ3) is 3.80. The molecule has 1 atom stereocenters. The van der Waals surface area contributed by atoms with E-state index in [1.165, 1.54) is 29.5 Å². The SMILES string of the molecule is CCOC1CC(CC(N)Cc2c(C)cccc2C)C1. The Morgan fingerprint density at radius 2 is 1.89 bits per heavy atom. The smallest absolute Gasteiger partial charge is 0.0580 e. The van der Waals surface area contributed by atoms with E-state index < -0.39 is 0 Å². The van der Waals surface area contributed by atoms with Crippen molar-refractivity contribution in [2.75, 3.05) is 6.61 Å². The molecule has 2 nitrogen and oxygen atoms in total. The Kier molecular flexibility index (Phi) is 5.00. The zero-order valence-electron chi connectivity index (χ0n) is 12.5. The second-order valence-corrected chi connectivity index (χ2v) is 5.99. The topological polar surface area (TPSA) is 35.2 Å². The van der Waals surface area contributed by atoms with E-state index in [0.29, 0.717) is 6.10 Å². The van der Waals surface area contributed by atoms with Gasteiger partial charge in [-0.2, -0.15) is 0 Å². The van der Waals surface area contributed by atoms with E-state index in [4.69, 9.17) is 10.5 Å². The number of nitrogens with two attached hydrogens (primary N) is 1. The standard InChI is InChI=1S/C17H27NO/c1-4-19-16-9-14(10-16)8-15(18)11-17-12(2)6-5-7-13(17)3/h5-7,14-16H,4,8-11,18H2,1-3H3. The summed E-state index contributed by atoms with van der Waals surface area (Å²) < 4.78 is 5.61. The molecule has 0 aromatic heterocycles. The molecule has 1 aromatic rings. The van der Waals surface area contributed by atoms with Gasteiger partial charge in [0.15, 0.2) is 0 Å². The molecule has 0 radical (unpaired) electrons. The Morgan fingerprint density at radius 3 is 2.47 bits per heavy atom. The average molecular weight is 261 g/mol. The molecule has 2 rings (SSSR count). The molecule has 2 N–H and O–H groups in total. The quantitative estimate of drug-likeness (QED) is 0.852. The Balaban J connectivity index is 1.81. The highest BCUT2D eigenvalue weighted by Gasteiger charge is 2.30. The molecule has 0 amide bonds. The van der Waals surface area contributed by atoms with Crippen molar-refractivity contribution in [3.05, 3.63) is 34.9 Å². The molecular formula is C17H27NO. The molecule has 1 aliphatic carbocycles. The molecule has 0 bridgehead atoms. The zero-order valence-corrected chi connectivity index (χ0v) is 12.5. The zero-order chi connectivity index (χ0) is 13.8. The molecule has 0 heterocycles. The van der Waals surface area contributed by atoms with Crippen LogP contribution >= 0.6 is 0 Å². The molecule has 1 fully saturated rings. The molecule has 1 aliphatic rings. The van der Waals surface area contributed by atoms with Crippen molar-refractivity contribution in [2.45, 2.75) is 58.6 Å². The maximum atomic E-state index is 6.33. The van der Waals surface area contributed by atoms with Crippen molar-refractivity contribution in [1.82, 2.24) is 0 Å². The molecule has 2 heteroatoms. The van der Waals surface area contributed by atoms with Gasteiger partial charge < -0.3 is 10.5 Å². The van der Waals surface area contributed by atoms with Crippen molar-refractivity contribution in [1.29, 1.82) is 0 Å². The maximum absolute atomic E-state index is 6.33. The van der Waals surface area contributed by atoms with Crippen LogP contribution in [0.25, 0.3) is 0 Å². The fourth-order valence-electron chi connectivity index (χ4n) is 3.18. The van der Waals surface area contributed by atoms with Crippen LogP contribution in [0.15, 0.2) is 18.2 Å². The van der Waals surface area contributed by atoms with E-state index in [0.717, 1.165) is 25.4 Å². The lowest BCUT2D eigenvalue weighted by molar-refractivity contribution is -0.0281. The molecular weight excluding hydrogens is 234 g/mol. The summed E-state index contributed by atoms with van der Waals surface area (Å²) in [5, 5.41) is 0. The van der Waals surface area contributed by atoms with Crippen molar-refractivity contribution < 1.29 is 4.74 Å².